The van der Waals surface area contributed by atoms with Gasteiger partial charge in [-0.3, -0.25) is 14.1 Å². The molecule has 1 N–H and O–H groups in total. The Morgan fingerprint density at radius 3 is 2.96 bits per heavy atom. The molecule has 0 saturated carbocycles. The Hall–Kier alpha value is -2.38. The van der Waals surface area contributed by atoms with Gasteiger partial charge in [0.25, 0.3) is 0 Å². The van der Waals surface area contributed by atoms with Gasteiger partial charge in [0.05, 0.1) is 23.0 Å². The molecule has 0 saturated heterocycles. The molecule has 138 valence electrons. The zero-order valence-electron chi connectivity index (χ0n) is 15.0. The van der Waals surface area contributed by atoms with E-state index in [9.17, 15) is 9.90 Å². The number of rotatable bonds is 5. The summed E-state index contributed by atoms with van der Waals surface area (Å²) < 4.78 is 9.01. The van der Waals surface area contributed by atoms with Crippen LogP contribution in [0, 0.1) is 0 Å². The molecule has 0 radical (unpaired) electrons. The molecule has 0 amide bonds. The van der Waals surface area contributed by atoms with Gasteiger partial charge in [-0.2, -0.15) is 5.10 Å². The third-order valence-corrected chi connectivity index (χ3v) is 5.05. The topological polar surface area (TPSA) is 76.4 Å². The molecule has 7 heteroatoms. The van der Waals surface area contributed by atoms with Crippen LogP contribution < -0.4 is 5.76 Å². The lowest BCUT2D eigenvalue weighted by Gasteiger charge is -2.19. The largest absolute Gasteiger partial charge is 0.419 e. The fourth-order valence-electron chi connectivity index (χ4n) is 3.58. The van der Waals surface area contributed by atoms with E-state index in [2.05, 4.69) is 10.00 Å². The summed E-state index contributed by atoms with van der Waals surface area (Å²) in [6, 6.07) is 9.52. The summed E-state index contributed by atoms with van der Waals surface area (Å²) in [5.41, 5.74) is 3.34. The fourth-order valence-corrected chi connectivity index (χ4v) is 3.58. The third kappa shape index (κ3) is 3.20. The van der Waals surface area contributed by atoms with Crippen LogP contribution >= 0.6 is 0 Å². The van der Waals surface area contributed by atoms with E-state index in [4.69, 9.17) is 4.42 Å². The molecule has 3 aromatic rings. The van der Waals surface area contributed by atoms with Gasteiger partial charge in [-0.05, 0) is 31.0 Å². The number of fused-ring (bicyclic) bond motifs is 2. The summed E-state index contributed by atoms with van der Waals surface area (Å²) in [5, 5.41) is 14.6. The predicted molar refractivity (Wildman–Crippen MR) is 97.8 cm³/mol. The van der Waals surface area contributed by atoms with Crippen molar-refractivity contribution in [1.29, 1.82) is 0 Å². The van der Waals surface area contributed by atoms with Crippen molar-refractivity contribution in [1.82, 2.24) is 19.2 Å². The zero-order valence-corrected chi connectivity index (χ0v) is 15.0. The first kappa shape index (κ1) is 17.1. The van der Waals surface area contributed by atoms with Crippen LogP contribution in [0.15, 0.2) is 39.5 Å². The summed E-state index contributed by atoms with van der Waals surface area (Å²) in [6.45, 7) is 5.90. The van der Waals surface area contributed by atoms with Crippen molar-refractivity contribution in [2.45, 2.75) is 45.5 Å². The molecule has 7 nitrogen and oxygen atoms in total. The fraction of sp³-hybridized carbons (Fsp3) is 0.474. The molecule has 2 aromatic heterocycles. The van der Waals surface area contributed by atoms with Crippen LogP contribution in [0.1, 0.15) is 37.3 Å². The lowest BCUT2D eigenvalue weighted by molar-refractivity contribution is 0.167. The second kappa shape index (κ2) is 7.09. The van der Waals surface area contributed by atoms with E-state index in [0.29, 0.717) is 18.5 Å². The third-order valence-electron chi connectivity index (χ3n) is 5.05. The highest BCUT2D eigenvalue weighted by atomic mass is 16.4. The minimum atomic E-state index is -0.501. The Morgan fingerprint density at radius 1 is 1.27 bits per heavy atom. The molecule has 26 heavy (non-hydrogen) atoms. The predicted octanol–water partition coefficient (Wildman–Crippen LogP) is 2.14. The van der Waals surface area contributed by atoms with E-state index in [0.717, 1.165) is 49.5 Å². The highest BCUT2D eigenvalue weighted by Gasteiger charge is 2.19. The molecule has 0 bridgehead atoms. The lowest BCUT2D eigenvalue weighted by atomic mass is 10.2. The van der Waals surface area contributed by atoms with Gasteiger partial charge in [0.1, 0.15) is 0 Å². The van der Waals surface area contributed by atoms with Crippen LogP contribution in [0.4, 0.5) is 0 Å². The van der Waals surface area contributed by atoms with E-state index < -0.39 is 6.10 Å². The van der Waals surface area contributed by atoms with Crippen molar-refractivity contribution in [3.05, 3.63) is 52.3 Å². The molecular weight excluding hydrogens is 332 g/mol. The van der Waals surface area contributed by atoms with Gasteiger partial charge in [0, 0.05) is 32.7 Å². The molecular formula is C19H24N4O3. The van der Waals surface area contributed by atoms with Gasteiger partial charge in [-0.1, -0.05) is 19.1 Å². The molecule has 1 atom stereocenters. The normalized spacial score (nSPS) is 16.5. The Balaban J connectivity index is 1.49. The molecule has 3 heterocycles. The van der Waals surface area contributed by atoms with Gasteiger partial charge < -0.3 is 9.52 Å². The summed E-state index contributed by atoms with van der Waals surface area (Å²) in [6.07, 6.45) is 1.16. The second-order valence-corrected chi connectivity index (χ2v) is 6.82. The van der Waals surface area contributed by atoms with E-state index >= 15 is 0 Å². The molecule has 1 aromatic carbocycles. The van der Waals surface area contributed by atoms with Crippen LogP contribution in [0.5, 0.6) is 0 Å². The quantitative estimate of drug-likeness (QED) is 0.758. The number of benzene rings is 1. The van der Waals surface area contributed by atoms with E-state index in [1.807, 2.05) is 41.9 Å². The van der Waals surface area contributed by atoms with Crippen LogP contribution in [0.3, 0.4) is 0 Å². The van der Waals surface area contributed by atoms with Crippen molar-refractivity contribution in [3.63, 3.8) is 0 Å². The van der Waals surface area contributed by atoms with E-state index in [1.165, 1.54) is 0 Å². The highest BCUT2D eigenvalue weighted by molar-refractivity contribution is 5.72. The average molecular weight is 356 g/mol. The van der Waals surface area contributed by atoms with Crippen LogP contribution in [0.2, 0.25) is 0 Å². The number of aryl methyl sites for hydroxylation is 1. The van der Waals surface area contributed by atoms with Gasteiger partial charge in [0.2, 0.25) is 0 Å². The summed E-state index contributed by atoms with van der Waals surface area (Å²) in [7, 11) is 0. The van der Waals surface area contributed by atoms with Crippen molar-refractivity contribution >= 4 is 11.1 Å². The van der Waals surface area contributed by atoms with Crippen molar-refractivity contribution < 1.29 is 9.52 Å². The van der Waals surface area contributed by atoms with Crippen molar-refractivity contribution in [2.24, 2.45) is 0 Å². The number of aromatic nitrogens is 3. The molecule has 0 unspecified atom stereocenters. The van der Waals surface area contributed by atoms with E-state index in [-0.39, 0.29) is 5.76 Å². The summed E-state index contributed by atoms with van der Waals surface area (Å²) in [4.78, 5) is 14.5. The Kier molecular flexibility index (Phi) is 4.65. The Morgan fingerprint density at radius 2 is 2.12 bits per heavy atom. The second-order valence-electron chi connectivity index (χ2n) is 6.82. The number of aliphatic hydroxyl groups excluding tert-OH is 1. The molecule has 0 aliphatic carbocycles. The summed E-state index contributed by atoms with van der Waals surface area (Å²) in [5.74, 6) is -0.306. The Labute approximate surface area is 151 Å². The van der Waals surface area contributed by atoms with Gasteiger partial charge in [0.15, 0.2) is 5.58 Å². The number of hydrogen-bond acceptors (Lipinski definition) is 5. The number of aliphatic hydroxyl groups is 1. The molecule has 0 fully saturated rings. The standard InChI is InChI=1S/C19H24N4O3/c1-2-17(24)15-12-14-13-21(8-5-9-23(14)20-15)10-11-22-16-6-3-4-7-18(16)26-19(22)25/h3-4,6-7,12,17,24H,2,5,8-11,13H2,1H3/t17-/m1/s1. The van der Waals surface area contributed by atoms with Crippen LogP contribution in [-0.4, -0.2) is 37.4 Å². The highest BCUT2D eigenvalue weighted by Crippen LogP contribution is 2.20. The van der Waals surface area contributed by atoms with Crippen molar-refractivity contribution in [3.8, 4) is 0 Å². The van der Waals surface area contributed by atoms with Crippen LogP contribution in [-0.2, 0) is 19.6 Å². The first-order valence-corrected chi connectivity index (χ1v) is 9.21. The van der Waals surface area contributed by atoms with Crippen molar-refractivity contribution in [2.75, 3.05) is 13.1 Å². The Bertz CT molecular complexity index is 955. The first-order chi connectivity index (χ1) is 12.7. The summed E-state index contributed by atoms with van der Waals surface area (Å²) >= 11 is 0. The number of hydrogen-bond donors (Lipinski definition) is 1. The number of nitrogens with zero attached hydrogens (tertiary/aromatic N) is 4. The first-order valence-electron chi connectivity index (χ1n) is 9.21. The van der Waals surface area contributed by atoms with Gasteiger partial charge in [-0.15, -0.1) is 0 Å². The van der Waals surface area contributed by atoms with Gasteiger partial charge in [-0.25, -0.2) is 4.79 Å². The minimum Gasteiger partial charge on any atom is -0.408 e. The molecule has 0 spiro atoms. The molecule has 1 aliphatic heterocycles. The molecule has 1 aliphatic rings. The maximum atomic E-state index is 12.1. The average Bonchev–Trinajstić information content (AvgIpc) is 3.13. The maximum Gasteiger partial charge on any atom is 0.419 e. The lowest BCUT2D eigenvalue weighted by Crippen LogP contribution is -2.29. The maximum absolute atomic E-state index is 12.1. The smallest absolute Gasteiger partial charge is 0.408 e. The molecule has 4 rings (SSSR count). The van der Waals surface area contributed by atoms with E-state index in [1.54, 1.807) is 4.57 Å². The number of oxazole rings is 1. The monoisotopic (exact) mass is 356 g/mol. The zero-order chi connectivity index (χ0) is 18.1. The van der Waals surface area contributed by atoms with Crippen LogP contribution in [0.25, 0.3) is 11.1 Å². The minimum absolute atomic E-state index is 0.306. The van der Waals surface area contributed by atoms with Gasteiger partial charge >= 0.3 is 5.76 Å². The number of para-hydroxylation sites is 2. The SMILES string of the molecule is CC[C@@H](O)c1cc2n(n1)CCCN(CCn1c(=O)oc3ccccc31)C2.